The first-order valence-corrected chi connectivity index (χ1v) is 5.87. The number of amides is 2. The normalized spacial score (nSPS) is 23.8. The van der Waals surface area contributed by atoms with Crippen LogP contribution in [-0.2, 0) is 14.3 Å². The molecule has 0 aromatic carbocycles. The van der Waals surface area contributed by atoms with E-state index in [0.29, 0.717) is 6.54 Å². The number of carbonyl (C=O) groups is 3. The average Bonchev–Trinajstić information content (AvgIpc) is 2.76. The number of esters is 1. The molecule has 19 heavy (non-hydrogen) atoms. The average molecular weight is 274 g/mol. The van der Waals surface area contributed by atoms with Crippen LogP contribution in [-0.4, -0.2) is 65.9 Å². The fourth-order valence-corrected chi connectivity index (χ4v) is 2.02. The van der Waals surface area contributed by atoms with Crippen molar-refractivity contribution >= 4 is 18.0 Å². The van der Waals surface area contributed by atoms with Gasteiger partial charge < -0.3 is 25.2 Å². The largest absolute Gasteiger partial charge is 0.480 e. The zero-order valence-electron chi connectivity index (χ0n) is 10.8. The highest BCUT2D eigenvalue weighted by Crippen LogP contribution is 2.23. The molecule has 0 aliphatic carbocycles. The van der Waals surface area contributed by atoms with E-state index in [1.165, 1.54) is 12.0 Å². The van der Waals surface area contributed by atoms with Crippen LogP contribution in [0.2, 0.25) is 0 Å². The predicted molar refractivity (Wildman–Crippen MR) is 63.3 cm³/mol. The third-order valence-corrected chi connectivity index (χ3v) is 3.18. The number of hydrogen-bond acceptors (Lipinski definition) is 5. The van der Waals surface area contributed by atoms with Crippen LogP contribution in [0, 0.1) is 11.8 Å². The lowest BCUT2D eigenvalue weighted by atomic mass is 9.99. The van der Waals surface area contributed by atoms with Gasteiger partial charge in [-0.2, -0.15) is 0 Å². The van der Waals surface area contributed by atoms with E-state index in [9.17, 15) is 14.4 Å². The van der Waals surface area contributed by atoms with Gasteiger partial charge in [0.25, 0.3) is 0 Å². The highest BCUT2D eigenvalue weighted by molar-refractivity contribution is 5.83. The van der Waals surface area contributed by atoms with Crippen LogP contribution < -0.4 is 5.32 Å². The Labute approximate surface area is 110 Å². The molecule has 1 fully saturated rings. The second-order valence-electron chi connectivity index (χ2n) is 4.53. The Morgan fingerprint density at radius 1 is 1.42 bits per heavy atom. The summed E-state index contributed by atoms with van der Waals surface area (Å²) in [4.78, 5) is 35.3. The first-order valence-electron chi connectivity index (χ1n) is 5.87. The summed E-state index contributed by atoms with van der Waals surface area (Å²) >= 11 is 0. The number of carbonyl (C=O) groups excluding carboxylic acids is 2. The summed E-state index contributed by atoms with van der Waals surface area (Å²) in [5.74, 6) is -2.17. The van der Waals surface area contributed by atoms with Gasteiger partial charge in [-0.3, -0.25) is 4.79 Å². The summed E-state index contributed by atoms with van der Waals surface area (Å²) in [5, 5.41) is 19.7. The van der Waals surface area contributed by atoms with Gasteiger partial charge in [-0.15, -0.1) is 0 Å². The maximum atomic E-state index is 11.8. The molecule has 2 unspecified atom stereocenters. The van der Waals surface area contributed by atoms with Crippen LogP contribution in [0.15, 0.2) is 0 Å². The van der Waals surface area contributed by atoms with E-state index in [1.54, 1.807) is 0 Å². The Kier molecular flexibility index (Phi) is 5.11. The summed E-state index contributed by atoms with van der Waals surface area (Å²) in [6.45, 7) is 1.64. The fourth-order valence-electron chi connectivity index (χ4n) is 2.02. The number of methoxy groups -OCH3 is 1. The van der Waals surface area contributed by atoms with Gasteiger partial charge in [0.1, 0.15) is 0 Å². The van der Waals surface area contributed by atoms with Crippen LogP contribution in [0.5, 0.6) is 0 Å². The van der Waals surface area contributed by atoms with Crippen LogP contribution in [0.3, 0.4) is 0 Å². The van der Waals surface area contributed by atoms with Gasteiger partial charge >= 0.3 is 18.0 Å². The highest BCUT2D eigenvalue weighted by atomic mass is 16.5. The van der Waals surface area contributed by atoms with Crippen molar-refractivity contribution in [1.29, 1.82) is 0 Å². The molecule has 0 bridgehead atoms. The quantitative estimate of drug-likeness (QED) is 0.559. The summed E-state index contributed by atoms with van der Waals surface area (Å²) < 4.78 is 4.64. The number of likely N-dealkylation sites (tertiary alicyclic amines) is 1. The van der Waals surface area contributed by atoms with E-state index in [2.05, 4.69) is 10.1 Å². The lowest BCUT2D eigenvalue weighted by Gasteiger charge is -2.19. The standard InChI is InChI=1S/C11H18N2O6/c1-6-3-13(4-7(6)10(17)19-2)11(18)12-8(5-14)9(15)16/h6-8,14H,3-5H2,1-2H3,(H,12,18)(H,15,16)/t6?,7?,8-/m0/s1. The van der Waals surface area contributed by atoms with Crippen molar-refractivity contribution in [1.82, 2.24) is 10.2 Å². The zero-order valence-corrected chi connectivity index (χ0v) is 10.8. The molecule has 8 nitrogen and oxygen atoms in total. The first kappa shape index (κ1) is 15.2. The summed E-state index contributed by atoms with van der Waals surface area (Å²) in [6, 6.07) is -1.96. The number of aliphatic carboxylic acids is 1. The molecule has 1 saturated heterocycles. The van der Waals surface area contributed by atoms with E-state index >= 15 is 0 Å². The number of nitrogens with zero attached hydrogens (tertiary/aromatic N) is 1. The molecule has 1 aliphatic heterocycles. The number of carboxylic acids is 1. The topological polar surface area (TPSA) is 116 Å². The SMILES string of the molecule is COC(=O)C1CN(C(=O)N[C@@H](CO)C(=O)O)CC1C. The first-order chi connectivity index (χ1) is 8.90. The molecule has 3 N–H and O–H groups in total. The van der Waals surface area contributed by atoms with Gasteiger partial charge in [-0.25, -0.2) is 9.59 Å². The van der Waals surface area contributed by atoms with Gasteiger partial charge in [-0.1, -0.05) is 6.92 Å². The van der Waals surface area contributed by atoms with E-state index in [-0.39, 0.29) is 18.4 Å². The monoisotopic (exact) mass is 274 g/mol. The lowest BCUT2D eigenvalue weighted by Crippen LogP contribution is -2.49. The van der Waals surface area contributed by atoms with Crippen LogP contribution in [0.4, 0.5) is 4.79 Å². The van der Waals surface area contributed by atoms with Gasteiger partial charge in [0.15, 0.2) is 6.04 Å². The molecule has 0 spiro atoms. The number of carboxylic acid groups (broad SMARTS) is 1. The second-order valence-corrected chi connectivity index (χ2v) is 4.53. The Morgan fingerprint density at radius 3 is 2.53 bits per heavy atom. The van der Waals surface area contributed by atoms with Crippen molar-refractivity contribution in [2.75, 3.05) is 26.8 Å². The van der Waals surface area contributed by atoms with E-state index in [1.807, 2.05) is 6.92 Å². The molecule has 2 amide bonds. The minimum absolute atomic E-state index is 0.0596. The lowest BCUT2D eigenvalue weighted by molar-refractivity contribution is -0.146. The number of ether oxygens (including phenoxy) is 1. The molecule has 1 aliphatic rings. The molecule has 1 rings (SSSR count). The highest BCUT2D eigenvalue weighted by Gasteiger charge is 2.38. The van der Waals surface area contributed by atoms with Crippen molar-refractivity contribution < 1.29 is 29.3 Å². The number of aliphatic hydroxyl groups excluding tert-OH is 1. The number of urea groups is 1. The Morgan fingerprint density at radius 2 is 2.05 bits per heavy atom. The molecule has 0 radical (unpaired) electrons. The molecule has 8 heteroatoms. The minimum Gasteiger partial charge on any atom is -0.480 e. The number of hydrogen-bond donors (Lipinski definition) is 3. The number of aliphatic hydroxyl groups is 1. The molecule has 0 saturated carbocycles. The van der Waals surface area contributed by atoms with E-state index in [0.717, 1.165) is 0 Å². The molecule has 0 aromatic rings. The molecular formula is C11H18N2O6. The number of nitrogens with one attached hydrogen (secondary N) is 1. The Hall–Kier alpha value is -1.83. The van der Waals surface area contributed by atoms with Crippen molar-refractivity contribution in [2.24, 2.45) is 11.8 Å². The van der Waals surface area contributed by atoms with Crippen molar-refractivity contribution in [3.63, 3.8) is 0 Å². The Balaban J connectivity index is 2.60. The molecule has 108 valence electrons. The minimum atomic E-state index is -1.35. The molecular weight excluding hydrogens is 256 g/mol. The van der Waals surface area contributed by atoms with Crippen molar-refractivity contribution in [3.05, 3.63) is 0 Å². The van der Waals surface area contributed by atoms with Gasteiger partial charge in [-0.05, 0) is 5.92 Å². The predicted octanol–water partition coefficient (Wildman–Crippen LogP) is -1.12. The van der Waals surface area contributed by atoms with Crippen molar-refractivity contribution in [3.8, 4) is 0 Å². The van der Waals surface area contributed by atoms with Crippen LogP contribution >= 0.6 is 0 Å². The van der Waals surface area contributed by atoms with E-state index < -0.39 is 30.6 Å². The Bertz CT molecular complexity index is 372. The maximum absolute atomic E-state index is 11.8. The maximum Gasteiger partial charge on any atom is 0.328 e. The molecule has 3 atom stereocenters. The third kappa shape index (κ3) is 3.57. The van der Waals surface area contributed by atoms with Gasteiger partial charge in [0.2, 0.25) is 0 Å². The van der Waals surface area contributed by atoms with Crippen LogP contribution in [0.25, 0.3) is 0 Å². The summed E-state index contributed by atoms with van der Waals surface area (Å²) in [6.07, 6.45) is 0. The van der Waals surface area contributed by atoms with Crippen molar-refractivity contribution in [2.45, 2.75) is 13.0 Å². The fraction of sp³-hybridized carbons (Fsp3) is 0.727. The second kappa shape index (κ2) is 6.37. The zero-order chi connectivity index (χ0) is 14.6. The van der Waals surface area contributed by atoms with Gasteiger partial charge in [0.05, 0.1) is 19.6 Å². The summed E-state index contributed by atoms with van der Waals surface area (Å²) in [5.41, 5.74) is 0. The molecule has 0 aromatic heterocycles. The van der Waals surface area contributed by atoms with Crippen LogP contribution in [0.1, 0.15) is 6.92 Å². The molecule has 1 heterocycles. The smallest absolute Gasteiger partial charge is 0.328 e. The number of rotatable bonds is 4. The van der Waals surface area contributed by atoms with E-state index in [4.69, 9.17) is 10.2 Å². The summed E-state index contributed by atoms with van der Waals surface area (Å²) in [7, 11) is 1.28. The van der Waals surface area contributed by atoms with Gasteiger partial charge in [0, 0.05) is 13.1 Å². The third-order valence-electron chi connectivity index (χ3n) is 3.18.